The number of rotatable bonds is 1. The van der Waals surface area contributed by atoms with Crippen LogP contribution in [0.3, 0.4) is 0 Å². The van der Waals surface area contributed by atoms with Crippen molar-refractivity contribution in [1.82, 2.24) is 24.5 Å². The fourth-order valence-corrected chi connectivity index (χ4v) is 5.46. The van der Waals surface area contributed by atoms with Gasteiger partial charge in [-0.25, -0.2) is 9.97 Å². The van der Waals surface area contributed by atoms with E-state index in [2.05, 4.69) is 17.0 Å². The number of amides is 1. The molecular formula is C18H21N5O2S. The van der Waals surface area contributed by atoms with Crippen LogP contribution in [-0.2, 0) is 11.2 Å². The van der Waals surface area contributed by atoms with Gasteiger partial charge in [0.1, 0.15) is 10.7 Å². The molecular weight excluding hydrogens is 350 g/mol. The van der Waals surface area contributed by atoms with E-state index in [1.54, 1.807) is 20.8 Å². The molecule has 26 heavy (non-hydrogen) atoms. The van der Waals surface area contributed by atoms with Crippen molar-refractivity contribution >= 4 is 33.1 Å². The normalized spacial score (nSPS) is 20.7. The Morgan fingerprint density at radius 2 is 2.08 bits per heavy atom. The lowest BCUT2D eigenvalue weighted by Gasteiger charge is -2.25. The summed E-state index contributed by atoms with van der Waals surface area (Å²) in [6, 6.07) is 0. The monoisotopic (exact) mass is 371 g/mol. The molecule has 4 heterocycles. The first kappa shape index (κ1) is 16.1. The van der Waals surface area contributed by atoms with Crippen LogP contribution < -0.4 is 0 Å². The summed E-state index contributed by atoms with van der Waals surface area (Å²) in [6.45, 7) is 6.51. The molecule has 5 rings (SSSR count). The molecule has 3 aromatic rings. The molecule has 0 bridgehead atoms. The molecule has 0 spiro atoms. The number of aromatic nitrogens is 4. The first-order valence-electron chi connectivity index (χ1n) is 9.19. The lowest BCUT2D eigenvalue weighted by Crippen LogP contribution is -2.41. The molecule has 2 aliphatic rings. The van der Waals surface area contributed by atoms with Gasteiger partial charge in [-0.2, -0.15) is 4.52 Å². The number of hydrogen-bond acceptors (Lipinski definition) is 6. The highest BCUT2D eigenvalue weighted by molar-refractivity contribution is 7.19. The highest BCUT2D eigenvalue weighted by Gasteiger charge is 2.28. The number of nitrogens with zero attached hydrogens (tertiary/aromatic N) is 5. The molecule has 0 saturated carbocycles. The summed E-state index contributed by atoms with van der Waals surface area (Å²) in [5, 5.41) is 5.60. The van der Waals surface area contributed by atoms with Crippen LogP contribution in [0.5, 0.6) is 0 Å². The Morgan fingerprint density at radius 3 is 2.88 bits per heavy atom. The van der Waals surface area contributed by atoms with E-state index >= 15 is 0 Å². The number of hydrogen-bond donors (Lipinski definition) is 0. The van der Waals surface area contributed by atoms with E-state index < -0.39 is 0 Å². The van der Waals surface area contributed by atoms with Gasteiger partial charge < -0.3 is 9.64 Å². The Kier molecular flexibility index (Phi) is 3.72. The summed E-state index contributed by atoms with van der Waals surface area (Å²) >= 11 is 1.77. The molecule has 1 amide bonds. The first-order valence-corrected chi connectivity index (χ1v) is 10.0. The van der Waals surface area contributed by atoms with Crippen LogP contribution in [0.2, 0.25) is 0 Å². The van der Waals surface area contributed by atoms with Crippen LogP contribution in [0, 0.1) is 6.92 Å². The maximum Gasteiger partial charge on any atom is 0.293 e. The summed E-state index contributed by atoms with van der Waals surface area (Å²) in [6.07, 6.45) is 3.52. The minimum Gasteiger partial charge on any atom is -0.378 e. The molecule has 1 saturated heterocycles. The highest BCUT2D eigenvalue weighted by atomic mass is 32.1. The lowest BCUT2D eigenvalue weighted by atomic mass is 9.87. The maximum absolute atomic E-state index is 12.8. The second-order valence-corrected chi connectivity index (χ2v) is 8.23. The SMILES string of the molecule is Cc1nc2sc3c(c2c2nc(C(=O)N4CCOCC4)nn12)[C@H](C)CCC3. The average molecular weight is 371 g/mol. The third-order valence-corrected chi connectivity index (χ3v) is 6.59. The number of thiophene rings is 1. The third kappa shape index (κ3) is 2.35. The molecule has 1 aliphatic carbocycles. The van der Waals surface area contributed by atoms with Crippen LogP contribution in [0.1, 0.15) is 52.6 Å². The standard InChI is InChI=1S/C18H21N5O2S/c1-10-4-3-5-12-13(10)14-16-20-15(18(24)22-6-8-25-9-7-22)21-23(16)11(2)19-17(14)26-12/h10H,3-9H2,1-2H3/t10-/m1/s1. The predicted molar refractivity (Wildman–Crippen MR) is 99.0 cm³/mol. The van der Waals surface area contributed by atoms with Crippen molar-refractivity contribution < 1.29 is 9.53 Å². The van der Waals surface area contributed by atoms with E-state index in [0.717, 1.165) is 28.1 Å². The van der Waals surface area contributed by atoms with Crippen molar-refractivity contribution in [3.63, 3.8) is 0 Å². The smallest absolute Gasteiger partial charge is 0.293 e. The molecule has 1 atom stereocenters. The second kappa shape index (κ2) is 5.99. The first-order chi connectivity index (χ1) is 12.6. The quantitative estimate of drug-likeness (QED) is 0.657. The number of ether oxygens (including phenoxy) is 1. The number of carbonyl (C=O) groups is 1. The highest BCUT2D eigenvalue weighted by Crippen LogP contribution is 2.42. The molecule has 8 heteroatoms. The zero-order valence-corrected chi connectivity index (χ0v) is 15.8. The third-order valence-electron chi connectivity index (χ3n) is 5.43. The van der Waals surface area contributed by atoms with Crippen molar-refractivity contribution in [2.75, 3.05) is 26.3 Å². The zero-order valence-electron chi connectivity index (χ0n) is 15.0. The summed E-state index contributed by atoms with van der Waals surface area (Å²) < 4.78 is 7.08. The fraction of sp³-hybridized carbons (Fsp3) is 0.556. The van der Waals surface area contributed by atoms with Gasteiger partial charge in [0.25, 0.3) is 5.91 Å². The van der Waals surface area contributed by atoms with Crippen LogP contribution in [-0.4, -0.2) is 56.7 Å². The molecule has 7 nitrogen and oxygen atoms in total. The van der Waals surface area contributed by atoms with Gasteiger partial charge in [0, 0.05) is 18.0 Å². The molecule has 136 valence electrons. The number of carbonyl (C=O) groups excluding carboxylic acids is 1. The van der Waals surface area contributed by atoms with Gasteiger partial charge >= 0.3 is 0 Å². The van der Waals surface area contributed by atoms with Gasteiger partial charge in [-0.1, -0.05) is 6.92 Å². The van der Waals surface area contributed by atoms with E-state index in [9.17, 15) is 4.79 Å². The van der Waals surface area contributed by atoms with Crippen molar-refractivity contribution in [2.45, 2.75) is 39.0 Å². The Morgan fingerprint density at radius 1 is 1.27 bits per heavy atom. The summed E-state index contributed by atoms with van der Waals surface area (Å²) in [4.78, 5) is 26.5. The molecule has 3 aromatic heterocycles. The van der Waals surface area contributed by atoms with Crippen LogP contribution >= 0.6 is 11.3 Å². The van der Waals surface area contributed by atoms with Gasteiger partial charge in [0.05, 0.1) is 18.6 Å². The second-order valence-electron chi connectivity index (χ2n) is 7.15. The average Bonchev–Trinajstić information content (AvgIpc) is 3.24. The van der Waals surface area contributed by atoms with Crippen molar-refractivity contribution in [1.29, 1.82) is 0 Å². The summed E-state index contributed by atoms with van der Waals surface area (Å²) in [5.41, 5.74) is 2.14. The Bertz CT molecular complexity index is 1020. The van der Waals surface area contributed by atoms with Crippen LogP contribution in [0.15, 0.2) is 0 Å². The molecule has 0 radical (unpaired) electrons. The Labute approximate surface area is 155 Å². The van der Waals surface area contributed by atoms with Crippen LogP contribution in [0.4, 0.5) is 0 Å². The van der Waals surface area contributed by atoms with E-state index in [4.69, 9.17) is 9.72 Å². The van der Waals surface area contributed by atoms with Gasteiger partial charge in [-0.15, -0.1) is 16.4 Å². The zero-order chi connectivity index (χ0) is 17.8. The van der Waals surface area contributed by atoms with Gasteiger partial charge in [0.2, 0.25) is 5.82 Å². The van der Waals surface area contributed by atoms with Crippen molar-refractivity contribution in [2.24, 2.45) is 0 Å². The van der Waals surface area contributed by atoms with Gasteiger partial charge in [0.15, 0.2) is 5.65 Å². The summed E-state index contributed by atoms with van der Waals surface area (Å²) in [5.74, 6) is 1.40. The van der Waals surface area contributed by atoms with Crippen molar-refractivity contribution in [3.05, 3.63) is 22.1 Å². The van der Waals surface area contributed by atoms with Crippen molar-refractivity contribution in [3.8, 4) is 0 Å². The maximum atomic E-state index is 12.8. The molecule has 0 N–H and O–H groups in total. The number of aryl methyl sites for hydroxylation is 2. The van der Waals surface area contributed by atoms with Crippen LogP contribution in [0.25, 0.3) is 15.9 Å². The molecule has 1 fully saturated rings. The molecule has 0 aromatic carbocycles. The summed E-state index contributed by atoms with van der Waals surface area (Å²) in [7, 11) is 0. The van der Waals surface area contributed by atoms with E-state index in [-0.39, 0.29) is 11.7 Å². The largest absolute Gasteiger partial charge is 0.378 e. The van der Waals surface area contributed by atoms with E-state index in [1.807, 2.05) is 6.92 Å². The topological polar surface area (TPSA) is 72.6 Å². The van der Waals surface area contributed by atoms with E-state index in [1.165, 1.54) is 23.3 Å². The van der Waals surface area contributed by atoms with Gasteiger partial charge in [-0.3, -0.25) is 4.79 Å². The minimum absolute atomic E-state index is 0.123. The minimum atomic E-state index is -0.123. The van der Waals surface area contributed by atoms with Gasteiger partial charge in [-0.05, 0) is 37.7 Å². The lowest BCUT2D eigenvalue weighted by molar-refractivity contribution is 0.0295. The number of fused-ring (bicyclic) bond motifs is 5. The molecule has 0 unspecified atom stereocenters. The fourth-order valence-electron chi connectivity index (χ4n) is 4.08. The Balaban J connectivity index is 1.69. The van der Waals surface area contributed by atoms with E-state index in [0.29, 0.717) is 32.2 Å². The number of morpholine rings is 1. The Hall–Kier alpha value is -2.06. The molecule has 1 aliphatic heterocycles. The predicted octanol–water partition coefficient (Wildman–Crippen LogP) is 2.56.